The zero-order valence-electron chi connectivity index (χ0n) is 23.9. The van der Waals surface area contributed by atoms with Crippen molar-refractivity contribution in [2.24, 2.45) is 0 Å². The molecule has 0 aliphatic rings. The number of nitrogens with one attached hydrogen (secondary N) is 3. The molecule has 4 aromatic rings. The number of Topliss-reactive ketones (excluding diaryl/α,β-unsaturated/α-hetero) is 1. The molecule has 0 aromatic heterocycles. The normalized spacial score (nSPS) is 11.7. The molecule has 3 amide bonds. The molecule has 4 rings (SSSR count). The topological polar surface area (TPSA) is 114 Å². The molecule has 0 saturated heterocycles. The van der Waals surface area contributed by atoms with Crippen molar-refractivity contribution in [3.8, 4) is 5.75 Å². The summed E-state index contributed by atoms with van der Waals surface area (Å²) in [6, 6.07) is 29.5. The number of benzene rings is 4. The molecule has 1 unspecified atom stereocenters. The molecule has 1 atom stereocenters. The van der Waals surface area contributed by atoms with Gasteiger partial charge in [-0.2, -0.15) is 0 Å². The van der Waals surface area contributed by atoms with Gasteiger partial charge in [0.1, 0.15) is 11.4 Å². The highest BCUT2D eigenvalue weighted by molar-refractivity contribution is 8.00. The van der Waals surface area contributed by atoms with Gasteiger partial charge in [-0.15, -0.1) is 11.8 Å². The van der Waals surface area contributed by atoms with Crippen LogP contribution in [0, 0.1) is 0 Å². The first-order valence-electron chi connectivity index (χ1n) is 13.4. The van der Waals surface area contributed by atoms with Gasteiger partial charge in [-0.25, -0.2) is 0 Å². The van der Waals surface area contributed by atoms with Crippen molar-refractivity contribution in [1.29, 1.82) is 0 Å². The lowest BCUT2D eigenvalue weighted by molar-refractivity contribution is -0.115. The molecule has 0 aliphatic heterocycles. The van der Waals surface area contributed by atoms with Crippen molar-refractivity contribution in [2.75, 3.05) is 17.7 Å². The van der Waals surface area contributed by atoms with Gasteiger partial charge in [0.2, 0.25) is 5.91 Å². The van der Waals surface area contributed by atoms with Crippen molar-refractivity contribution in [2.45, 2.75) is 24.0 Å². The number of carbonyl (C=O) groups excluding carboxylic acids is 4. The lowest BCUT2D eigenvalue weighted by Crippen LogP contribution is -2.30. The number of carbonyl (C=O) groups is 4. The minimum absolute atomic E-state index is 0.0457. The van der Waals surface area contributed by atoms with E-state index in [0.717, 1.165) is 4.90 Å². The monoisotopic (exact) mass is 593 g/mol. The molecule has 3 N–H and O–H groups in total. The van der Waals surface area contributed by atoms with Crippen LogP contribution in [0.2, 0.25) is 0 Å². The molecule has 0 aliphatic carbocycles. The van der Waals surface area contributed by atoms with E-state index in [1.165, 1.54) is 18.7 Å². The van der Waals surface area contributed by atoms with Crippen LogP contribution >= 0.6 is 11.8 Å². The van der Waals surface area contributed by atoms with Gasteiger partial charge in [0.15, 0.2) is 5.78 Å². The van der Waals surface area contributed by atoms with Crippen molar-refractivity contribution in [1.82, 2.24) is 5.32 Å². The highest BCUT2D eigenvalue weighted by Crippen LogP contribution is 2.27. The molecule has 0 fully saturated rings. The summed E-state index contributed by atoms with van der Waals surface area (Å²) in [6.07, 6.45) is 1.59. The van der Waals surface area contributed by atoms with E-state index in [9.17, 15) is 19.2 Å². The summed E-state index contributed by atoms with van der Waals surface area (Å²) in [4.78, 5) is 51.4. The first kappa shape index (κ1) is 30.8. The predicted molar refractivity (Wildman–Crippen MR) is 170 cm³/mol. The third kappa shape index (κ3) is 8.92. The molecule has 43 heavy (non-hydrogen) atoms. The zero-order chi connectivity index (χ0) is 30.8. The Balaban J connectivity index is 1.46. The van der Waals surface area contributed by atoms with Crippen LogP contribution in [0.5, 0.6) is 5.75 Å². The number of hydrogen-bond donors (Lipinski definition) is 3. The van der Waals surface area contributed by atoms with Gasteiger partial charge in [0, 0.05) is 27.4 Å². The summed E-state index contributed by atoms with van der Waals surface area (Å²) in [5.41, 5.74) is 2.83. The minimum Gasteiger partial charge on any atom is -0.497 e. The van der Waals surface area contributed by atoms with Crippen LogP contribution in [0.1, 0.15) is 40.1 Å². The molecule has 4 aromatic carbocycles. The molecule has 0 spiro atoms. The Hall–Kier alpha value is -5.15. The number of amides is 3. The summed E-state index contributed by atoms with van der Waals surface area (Å²) in [7, 11) is 1.57. The van der Waals surface area contributed by atoms with Gasteiger partial charge in [-0.1, -0.05) is 36.4 Å². The SMILES string of the molecule is COc1ccc(/C=C(/NC(=O)c2ccccc2)C(=O)Nc2cccc(SC(C)C(=O)Nc3ccc(C(C)=O)cc3)c2)cc1. The number of ketones is 1. The molecule has 8 nitrogen and oxygen atoms in total. The average molecular weight is 594 g/mol. The predicted octanol–water partition coefficient (Wildman–Crippen LogP) is 6.43. The quantitative estimate of drug-likeness (QED) is 0.105. The third-order valence-corrected chi connectivity index (χ3v) is 7.38. The van der Waals surface area contributed by atoms with Crippen molar-refractivity contribution in [3.05, 3.63) is 126 Å². The molecule has 0 bridgehead atoms. The van der Waals surface area contributed by atoms with E-state index in [1.54, 1.807) is 117 Å². The largest absolute Gasteiger partial charge is 0.497 e. The lowest BCUT2D eigenvalue weighted by atomic mass is 10.1. The first-order chi connectivity index (χ1) is 20.7. The highest BCUT2D eigenvalue weighted by Gasteiger charge is 2.17. The molecular formula is C34H31N3O5S. The second-order valence-electron chi connectivity index (χ2n) is 9.52. The third-order valence-electron chi connectivity index (χ3n) is 6.29. The van der Waals surface area contributed by atoms with E-state index in [2.05, 4.69) is 16.0 Å². The number of rotatable bonds is 11. The van der Waals surface area contributed by atoms with Crippen molar-refractivity contribution in [3.63, 3.8) is 0 Å². The Bertz CT molecular complexity index is 1640. The lowest BCUT2D eigenvalue weighted by Gasteiger charge is -2.14. The van der Waals surface area contributed by atoms with Crippen LogP contribution in [-0.4, -0.2) is 35.9 Å². The van der Waals surface area contributed by atoms with Gasteiger partial charge in [0.25, 0.3) is 11.8 Å². The Morgan fingerprint density at radius 1 is 0.767 bits per heavy atom. The van der Waals surface area contributed by atoms with E-state index >= 15 is 0 Å². The molecule has 9 heteroatoms. The molecule has 0 heterocycles. The van der Waals surface area contributed by atoms with Gasteiger partial charge in [-0.05, 0) is 92.2 Å². The number of thioether (sulfide) groups is 1. The first-order valence-corrected chi connectivity index (χ1v) is 14.3. The van der Waals surface area contributed by atoms with Crippen molar-refractivity contribution < 1.29 is 23.9 Å². The van der Waals surface area contributed by atoms with Crippen LogP contribution in [0.3, 0.4) is 0 Å². The maximum absolute atomic E-state index is 13.4. The van der Waals surface area contributed by atoms with E-state index in [4.69, 9.17) is 4.74 Å². The van der Waals surface area contributed by atoms with E-state index in [-0.39, 0.29) is 17.4 Å². The fraction of sp³-hybridized carbons (Fsp3) is 0.118. The fourth-order valence-electron chi connectivity index (χ4n) is 3.94. The second kappa shape index (κ2) is 14.7. The van der Waals surface area contributed by atoms with Gasteiger partial charge < -0.3 is 20.7 Å². The van der Waals surface area contributed by atoms with Crippen molar-refractivity contribution >= 4 is 52.7 Å². The Labute approximate surface area is 254 Å². The summed E-state index contributed by atoms with van der Waals surface area (Å²) < 4.78 is 5.21. The zero-order valence-corrected chi connectivity index (χ0v) is 24.7. The standard InChI is InChI=1S/C34H31N3O5S/c1-22(38)25-14-16-27(17-15-25)35-32(39)23(2)43-30-11-7-10-28(21-30)36-34(41)31(20-24-12-18-29(42-3)19-13-24)37-33(40)26-8-5-4-6-9-26/h4-21,23H,1-3H3,(H,35,39)(H,36,41)(H,37,40)/b31-20+. The molecule has 0 saturated carbocycles. The van der Waals surface area contributed by atoms with E-state index in [0.29, 0.717) is 33.8 Å². The van der Waals surface area contributed by atoms with E-state index in [1.807, 2.05) is 6.07 Å². The number of anilines is 2. The number of hydrogen-bond acceptors (Lipinski definition) is 6. The Morgan fingerprint density at radius 3 is 2.12 bits per heavy atom. The van der Waals surface area contributed by atoms with Gasteiger partial charge in [-0.3, -0.25) is 19.2 Å². The van der Waals surface area contributed by atoms with E-state index < -0.39 is 17.1 Å². The number of methoxy groups -OCH3 is 1. The summed E-state index contributed by atoms with van der Waals surface area (Å²) in [6.45, 7) is 3.27. The summed E-state index contributed by atoms with van der Waals surface area (Å²) >= 11 is 1.33. The maximum Gasteiger partial charge on any atom is 0.272 e. The van der Waals surface area contributed by atoms with Crippen LogP contribution in [-0.2, 0) is 9.59 Å². The van der Waals surface area contributed by atoms with Gasteiger partial charge in [0.05, 0.1) is 12.4 Å². The average Bonchev–Trinajstić information content (AvgIpc) is 3.01. The van der Waals surface area contributed by atoms with Crippen LogP contribution in [0.15, 0.2) is 114 Å². The Morgan fingerprint density at radius 2 is 1.47 bits per heavy atom. The van der Waals surface area contributed by atoms with Crippen LogP contribution < -0.4 is 20.7 Å². The smallest absolute Gasteiger partial charge is 0.272 e. The van der Waals surface area contributed by atoms with Crippen LogP contribution in [0.4, 0.5) is 11.4 Å². The van der Waals surface area contributed by atoms with Crippen LogP contribution in [0.25, 0.3) is 6.08 Å². The molecule has 0 radical (unpaired) electrons. The second-order valence-corrected chi connectivity index (χ2v) is 10.9. The summed E-state index contributed by atoms with van der Waals surface area (Å²) in [5.74, 6) is -0.517. The van der Waals surface area contributed by atoms with Gasteiger partial charge >= 0.3 is 0 Å². The minimum atomic E-state index is -0.512. The maximum atomic E-state index is 13.4. The highest BCUT2D eigenvalue weighted by atomic mass is 32.2. The molecule has 218 valence electrons. The number of ether oxygens (including phenoxy) is 1. The summed E-state index contributed by atoms with van der Waals surface area (Å²) in [5, 5.41) is 7.98. The fourth-order valence-corrected chi connectivity index (χ4v) is 4.87. The molecular weight excluding hydrogens is 562 g/mol. The Kier molecular flexibility index (Phi) is 10.5.